The van der Waals surface area contributed by atoms with Crippen LogP contribution in [0.1, 0.15) is 49.6 Å². The van der Waals surface area contributed by atoms with Crippen molar-refractivity contribution in [1.29, 1.82) is 0 Å². The van der Waals surface area contributed by atoms with Crippen molar-refractivity contribution in [2.45, 2.75) is 58.5 Å². The Balaban J connectivity index is 1.64. The molecule has 20 heavy (non-hydrogen) atoms. The summed E-state index contributed by atoms with van der Waals surface area (Å²) in [7, 11) is 0. The van der Waals surface area contributed by atoms with Crippen molar-refractivity contribution in [2.75, 3.05) is 5.75 Å². The lowest BCUT2D eigenvalue weighted by Crippen LogP contribution is -2.46. The lowest BCUT2D eigenvalue weighted by atomic mass is 9.78. The van der Waals surface area contributed by atoms with E-state index in [-0.39, 0.29) is 0 Å². The highest BCUT2D eigenvalue weighted by molar-refractivity contribution is 8.14. The van der Waals surface area contributed by atoms with Crippen LogP contribution in [0.5, 0.6) is 0 Å². The Morgan fingerprint density at radius 2 is 2.15 bits per heavy atom. The monoisotopic (exact) mass is 293 g/mol. The van der Waals surface area contributed by atoms with Gasteiger partial charge in [-0.15, -0.1) is 0 Å². The van der Waals surface area contributed by atoms with Crippen LogP contribution in [0.3, 0.4) is 0 Å². The molecule has 1 saturated heterocycles. The van der Waals surface area contributed by atoms with Gasteiger partial charge in [-0.3, -0.25) is 4.99 Å². The zero-order valence-corrected chi connectivity index (χ0v) is 13.3. The minimum atomic E-state index is 0.314. The molecule has 1 spiro atoms. The number of aliphatic imine (C=N–C) groups is 1. The molecular weight excluding hydrogens is 270 g/mol. The molecule has 110 valence electrons. The Hall–Kier alpha value is -0.970. The summed E-state index contributed by atoms with van der Waals surface area (Å²) in [5, 5.41) is 8.77. The second-order valence-corrected chi connectivity index (χ2v) is 7.26. The van der Waals surface area contributed by atoms with Crippen molar-refractivity contribution >= 4 is 16.9 Å². The molecule has 1 N–H and O–H groups in total. The van der Waals surface area contributed by atoms with E-state index in [1.54, 1.807) is 0 Å². The van der Waals surface area contributed by atoms with Crippen molar-refractivity contribution in [1.82, 2.24) is 10.5 Å². The van der Waals surface area contributed by atoms with Crippen LogP contribution in [0.4, 0.5) is 0 Å². The second kappa shape index (κ2) is 5.43. The number of thioether (sulfide) groups is 1. The van der Waals surface area contributed by atoms with Crippen LogP contribution < -0.4 is 5.32 Å². The molecule has 0 radical (unpaired) electrons. The van der Waals surface area contributed by atoms with Gasteiger partial charge in [0, 0.05) is 16.9 Å². The number of hydrogen-bond donors (Lipinski definition) is 1. The number of nitrogens with one attached hydrogen (secondary N) is 1. The summed E-state index contributed by atoms with van der Waals surface area (Å²) in [4.78, 5) is 4.72. The number of nitrogens with zero attached hydrogens (tertiary/aromatic N) is 2. The van der Waals surface area contributed by atoms with Crippen LogP contribution in [0.25, 0.3) is 0 Å². The fourth-order valence-corrected chi connectivity index (χ4v) is 4.27. The lowest BCUT2D eigenvalue weighted by molar-refractivity contribution is 0.251. The Labute approximate surface area is 124 Å². The van der Waals surface area contributed by atoms with Gasteiger partial charge in [-0.05, 0) is 45.4 Å². The van der Waals surface area contributed by atoms with Crippen molar-refractivity contribution in [3.63, 3.8) is 0 Å². The minimum Gasteiger partial charge on any atom is -0.361 e. The minimum absolute atomic E-state index is 0.314. The van der Waals surface area contributed by atoms with Crippen LogP contribution in [0, 0.1) is 19.8 Å². The van der Waals surface area contributed by atoms with Gasteiger partial charge in [0.05, 0.1) is 12.2 Å². The summed E-state index contributed by atoms with van der Waals surface area (Å²) in [6, 6.07) is 0. The zero-order chi connectivity index (χ0) is 14.2. The van der Waals surface area contributed by atoms with Crippen molar-refractivity contribution in [2.24, 2.45) is 10.9 Å². The Kier molecular flexibility index (Phi) is 3.80. The number of amidine groups is 1. The SMILES string of the molecule is Cc1noc(C)c1CN=C1NC2(CCC(C)CC2)CS1. The highest BCUT2D eigenvalue weighted by Crippen LogP contribution is 2.38. The molecule has 5 heteroatoms. The molecular formula is C15H23N3OS. The van der Waals surface area contributed by atoms with Gasteiger partial charge < -0.3 is 9.84 Å². The zero-order valence-electron chi connectivity index (χ0n) is 12.5. The molecule has 3 rings (SSSR count). The van der Waals surface area contributed by atoms with E-state index in [4.69, 9.17) is 9.52 Å². The number of rotatable bonds is 2. The third kappa shape index (κ3) is 2.73. The summed E-state index contributed by atoms with van der Waals surface area (Å²) >= 11 is 1.87. The number of aryl methyl sites for hydroxylation is 2. The Morgan fingerprint density at radius 3 is 2.80 bits per heavy atom. The summed E-state index contributed by atoms with van der Waals surface area (Å²) in [6.45, 7) is 6.96. The summed E-state index contributed by atoms with van der Waals surface area (Å²) in [6.07, 6.45) is 5.24. The third-order valence-electron chi connectivity index (χ3n) is 4.65. The van der Waals surface area contributed by atoms with E-state index in [0.717, 1.165) is 28.1 Å². The maximum atomic E-state index is 5.19. The smallest absolute Gasteiger partial charge is 0.157 e. The van der Waals surface area contributed by atoms with Gasteiger partial charge in [0.15, 0.2) is 5.17 Å². The van der Waals surface area contributed by atoms with Gasteiger partial charge in [-0.1, -0.05) is 23.8 Å². The van der Waals surface area contributed by atoms with E-state index in [0.29, 0.717) is 12.1 Å². The van der Waals surface area contributed by atoms with Gasteiger partial charge in [0.25, 0.3) is 0 Å². The number of hydrogen-bond acceptors (Lipinski definition) is 4. The molecule has 4 nitrogen and oxygen atoms in total. The molecule has 1 aliphatic heterocycles. The average Bonchev–Trinajstić information content (AvgIpc) is 2.97. The molecule has 1 aromatic heterocycles. The topological polar surface area (TPSA) is 50.4 Å². The number of aromatic nitrogens is 1. The van der Waals surface area contributed by atoms with Crippen LogP contribution in [-0.4, -0.2) is 21.6 Å². The maximum absolute atomic E-state index is 5.19. The summed E-state index contributed by atoms with van der Waals surface area (Å²) in [5.41, 5.74) is 2.39. The quantitative estimate of drug-likeness (QED) is 0.907. The first kappa shape index (κ1) is 14.0. The largest absolute Gasteiger partial charge is 0.361 e. The molecule has 2 aliphatic rings. The molecule has 2 fully saturated rings. The van der Waals surface area contributed by atoms with Gasteiger partial charge in [0.2, 0.25) is 0 Å². The van der Waals surface area contributed by atoms with Gasteiger partial charge >= 0.3 is 0 Å². The second-order valence-electron chi connectivity index (χ2n) is 6.30. The molecule has 0 amide bonds. The molecule has 1 saturated carbocycles. The van der Waals surface area contributed by atoms with Crippen LogP contribution in [0.2, 0.25) is 0 Å². The van der Waals surface area contributed by atoms with Crippen molar-refractivity contribution in [3.8, 4) is 0 Å². The third-order valence-corrected chi connectivity index (χ3v) is 5.85. The molecule has 0 bridgehead atoms. The molecule has 2 heterocycles. The van der Waals surface area contributed by atoms with Crippen LogP contribution >= 0.6 is 11.8 Å². The summed E-state index contributed by atoms with van der Waals surface area (Å²) < 4.78 is 5.19. The first-order chi connectivity index (χ1) is 9.58. The van der Waals surface area contributed by atoms with Crippen LogP contribution in [-0.2, 0) is 6.54 Å². The Bertz CT molecular complexity index is 496. The first-order valence-electron chi connectivity index (χ1n) is 7.45. The fraction of sp³-hybridized carbons (Fsp3) is 0.733. The van der Waals surface area contributed by atoms with E-state index in [1.807, 2.05) is 25.6 Å². The van der Waals surface area contributed by atoms with Gasteiger partial charge in [-0.25, -0.2) is 0 Å². The Morgan fingerprint density at radius 1 is 1.40 bits per heavy atom. The van der Waals surface area contributed by atoms with Crippen molar-refractivity contribution in [3.05, 3.63) is 17.0 Å². The van der Waals surface area contributed by atoms with E-state index < -0.39 is 0 Å². The predicted octanol–water partition coefficient (Wildman–Crippen LogP) is 3.43. The van der Waals surface area contributed by atoms with Gasteiger partial charge in [-0.2, -0.15) is 0 Å². The lowest BCUT2D eigenvalue weighted by Gasteiger charge is -2.35. The fourth-order valence-electron chi connectivity index (χ4n) is 3.05. The van der Waals surface area contributed by atoms with E-state index in [9.17, 15) is 0 Å². The van der Waals surface area contributed by atoms with E-state index in [1.165, 1.54) is 31.4 Å². The van der Waals surface area contributed by atoms with Crippen molar-refractivity contribution < 1.29 is 4.52 Å². The molecule has 0 aromatic carbocycles. The normalized spacial score (nSPS) is 31.9. The van der Waals surface area contributed by atoms with E-state index in [2.05, 4.69) is 17.4 Å². The molecule has 1 aromatic rings. The molecule has 0 unspecified atom stereocenters. The molecule has 1 aliphatic carbocycles. The molecule has 0 atom stereocenters. The van der Waals surface area contributed by atoms with Gasteiger partial charge in [0.1, 0.15) is 5.76 Å². The predicted molar refractivity (Wildman–Crippen MR) is 83.1 cm³/mol. The average molecular weight is 293 g/mol. The highest BCUT2D eigenvalue weighted by Gasteiger charge is 2.39. The van der Waals surface area contributed by atoms with E-state index >= 15 is 0 Å². The summed E-state index contributed by atoms with van der Waals surface area (Å²) in [5.74, 6) is 2.94. The van der Waals surface area contributed by atoms with Crippen LogP contribution in [0.15, 0.2) is 9.52 Å². The highest BCUT2D eigenvalue weighted by atomic mass is 32.2. The maximum Gasteiger partial charge on any atom is 0.157 e. The standard InChI is InChI=1S/C15H23N3OS/c1-10-4-6-15(7-5-10)9-20-14(17-15)16-8-13-11(2)18-19-12(13)3/h10H,4-9H2,1-3H3,(H,16,17). The first-order valence-corrected chi connectivity index (χ1v) is 8.44.